The van der Waals surface area contributed by atoms with E-state index in [4.69, 9.17) is 0 Å². The molecule has 0 spiro atoms. The number of hydrogen-bond donors (Lipinski definition) is 3. The van der Waals surface area contributed by atoms with Gasteiger partial charge >= 0.3 is 0 Å². The quantitative estimate of drug-likeness (QED) is 0.395. The van der Waals surface area contributed by atoms with Gasteiger partial charge in [0.05, 0.1) is 12.6 Å². The van der Waals surface area contributed by atoms with E-state index in [1.54, 1.807) is 0 Å². The SMILES string of the molecule is CCNC(=NCC(O)Cc1ccccc1)NC(C)CCCN(CC)CC. The zero-order valence-corrected chi connectivity index (χ0v) is 17.0. The van der Waals surface area contributed by atoms with Gasteiger partial charge in [0.15, 0.2) is 5.96 Å². The number of benzene rings is 1. The van der Waals surface area contributed by atoms with Gasteiger partial charge in [-0.25, -0.2) is 0 Å². The summed E-state index contributed by atoms with van der Waals surface area (Å²) < 4.78 is 0. The van der Waals surface area contributed by atoms with Crippen LogP contribution in [0.4, 0.5) is 0 Å². The average Bonchev–Trinajstić information content (AvgIpc) is 2.64. The summed E-state index contributed by atoms with van der Waals surface area (Å²) in [5.74, 6) is 0.787. The molecule has 0 bridgehead atoms. The molecule has 5 heteroatoms. The summed E-state index contributed by atoms with van der Waals surface area (Å²) >= 11 is 0. The normalized spacial score (nSPS) is 14.3. The Kier molecular flexibility index (Phi) is 11.7. The maximum atomic E-state index is 10.2. The molecule has 1 rings (SSSR count). The van der Waals surface area contributed by atoms with Crippen LogP contribution >= 0.6 is 0 Å². The predicted molar refractivity (Wildman–Crippen MR) is 112 cm³/mol. The van der Waals surface area contributed by atoms with Crippen LogP contribution in [0.1, 0.15) is 46.1 Å². The molecule has 0 fully saturated rings. The number of aliphatic hydroxyl groups excluding tert-OH is 1. The van der Waals surface area contributed by atoms with Gasteiger partial charge in [0.2, 0.25) is 0 Å². The van der Waals surface area contributed by atoms with Gasteiger partial charge in [-0.3, -0.25) is 4.99 Å². The van der Waals surface area contributed by atoms with Crippen LogP contribution in [0.5, 0.6) is 0 Å². The van der Waals surface area contributed by atoms with Gasteiger partial charge in [-0.05, 0) is 51.9 Å². The van der Waals surface area contributed by atoms with Gasteiger partial charge in [-0.2, -0.15) is 0 Å². The zero-order valence-electron chi connectivity index (χ0n) is 17.0. The first-order valence-corrected chi connectivity index (χ1v) is 10.1. The minimum atomic E-state index is -0.467. The first-order chi connectivity index (χ1) is 12.6. The highest BCUT2D eigenvalue weighted by Gasteiger charge is 2.09. The van der Waals surface area contributed by atoms with Crippen molar-refractivity contribution in [1.82, 2.24) is 15.5 Å². The summed E-state index contributed by atoms with van der Waals surface area (Å²) in [6.45, 7) is 13.2. The van der Waals surface area contributed by atoms with Gasteiger partial charge in [-0.15, -0.1) is 0 Å². The fourth-order valence-electron chi connectivity index (χ4n) is 2.93. The molecule has 26 heavy (non-hydrogen) atoms. The molecule has 1 aromatic rings. The van der Waals surface area contributed by atoms with E-state index in [0.717, 1.165) is 44.1 Å². The van der Waals surface area contributed by atoms with Gasteiger partial charge < -0.3 is 20.6 Å². The van der Waals surface area contributed by atoms with Crippen LogP contribution < -0.4 is 10.6 Å². The van der Waals surface area contributed by atoms with Crippen molar-refractivity contribution in [3.8, 4) is 0 Å². The first-order valence-electron chi connectivity index (χ1n) is 10.1. The Morgan fingerprint density at radius 1 is 1.15 bits per heavy atom. The Morgan fingerprint density at radius 2 is 1.85 bits per heavy atom. The largest absolute Gasteiger partial charge is 0.391 e. The van der Waals surface area contributed by atoms with E-state index in [9.17, 15) is 5.11 Å². The Balaban J connectivity index is 2.41. The lowest BCUT2D eigenvalue weighted by molar-refractivity contribution is 0.183. The van der Waals surface area contributed by atoms with Crippen molar-refractivity contribution in [2.75, 3.05) is 32.7 Å². The van der Waals surface area contributed by atoms with Crippen LogP contribution in [0.15, 0.2) is 35.3 Å². The molecule has 148 valence electrons. The molecular formula is C21H38N4O. The molecule has 0 heterocycles. The van der Waals surface area contributed by atoms with Crippen molar-refractivity contribution in [3.05, 3.63) is 35.9 Å². The Hall–Kier alpha value is -1.59. The second-order valence-electron chi connectivity index (χ2n) is 6.78. The standard InChI is InChI=1S/C21H38N4O/c1-5-22-21(24-18(4)12-11-15-25(6-2)7-3)23-17-20(26)16-19-13-9-8-10-14-19/h8-10,13-14,18,20,26H,5-7,11-12,15-17H2,1-4H3,(H2,22,23,24). The minimum Gasteiger partial charge on any atom is -0.391 e. The van der Waals surface area contributed by atoms with E-state index in [-0.39, 0.29) is 0 Å². The molecule has 0 saturated carbocycles. The van der Waals surface area contributed by atoms with Crippen molar-refractivity contribution in [3.63, 3.8) is 0 Å². The molecule has 0 saturated heterocycles. The molecule has 0 aliphatic heterocycles. The van der Waals surface area contributed by atoms with Crippen LogP contribution in [0.3, 0.4) is 0 Å². The van der Waals surface area contributed by atoms with E-state index < -0.39 is 6.10 Å². The van der Waals surface area contributed by atoms with Crippen molar-refractivity contribution in [2.24, 2.45) is 4.99 Å². The minimum absolute atomic E-state index is 0.356. The second kappa shape index (κ2) is 13.6. The molecule has 1 aromatic carbocycles. The third-order valence-electron chi connectivity index (χ3n) is 4.51. The maximum absolute atomic E-state index is 10.2. The summed E-state index contributed by atoms with van der Waals surface area (Å²) in [5.41, 5.74) is 1.14. The van der Waals surface area contributed by atoms with Crippen LogP contribution in [-0.4, -0.2) is 60.8 Å². The number of aliphatic hydroxyl groups is 1. The fourth-order valence-corrected chi connectivity index (χ4v) is 2.93. The summed E-state index contributed by atoms with van der Waals surface area (Å²) in [4.78, 5) is 7.01. The molecule has 2 atom stereocenters. The number of nitrogens with zero attached hydrogens (tertiary/aromatic N) is 2. The summed E-state index contributed by atoms with van der Waals surface area (Å²) in [6.07, 6.45) is 2.44. The van der Waals surface area contributed by atoms with Crippen LogP contribution in [0, 0.1) is 0 Å². The van der Waals surface area contributed by atoms with E-state index in [1.807, 2.05) is 30.3 Å². The van der Waals surface area contributed by atoms with Gasteiger partial charge in [-0.1, -0.05) is 44.2 Å². The smallest absolute Gasteiger partial charge is 0.191 e. The predicted octanol–water partition coefficient (Wildman–Crippen LogP) is 2.66. The van der Waals surface area contributed by atoms with Gasteiger partial charge in [0, 0.05) is 19.0 Å². The van der Waals surface area contributed by atoms with E-state index in [2.05, 4.69) is 48.2 Å². The molecule has 2 unspecified atom stereocenters. The van der Waals surface area contributed by atoms with Crippen LogP contribution in [0.2, 0.25) is 0 Å². The summed E-state index contributed by atoms with van der Waals surface area (Å²) in [5, 5.41) is 17.0. The van der Waals surface area contributed by atoms with Crippen molar-refractivity contribution in [1.29, 1.82) is 0 Å². The topological polar surface area (TPSA) is 59.9 Å². The van der Waals surface area contributed by atoms with Crippen molar-refractivity contribution in [2.45, 2.75) is 59.1 Å². The van der Waals surface area contributed by atoms with Gasteiger partial charge in [0.1, 0.15) is 0 Å². The fraction of sp³-hybridized carbons (Fsp3) is 0.667. The number of guanidine groups is 1. The highest BCUT2D eigenvalue weighted by molar-refractivity contribution is 5.80. The molecular weight excluding hydrogens is 324 g/mol. The Labute approximate surface area is 159 Å². The lowest BCUT2D eigenvalue weighted by atomic mass is 10.1. The monoisotopic (exact) mass is 362 g/mol. The number of hydrogen-bond acceptors (Lipinski definition) is 3. The molecule has 0 aliphatic carbocycles. The second-order valence-corrected chi connectivity index (χ2v) is 6.78. The lowest BCUT2D eigenvalue weighted by Gasteiger charge is -2.21. The van der Waals surface area contributed by atoms with E-state index in [1.165, 1.54) is 6.42 Å². The van der Waals surface area contributed by atoms with Crippen LogP contribution in [0.25, 0.3) is 0 Å². The lowest BCUT2D eigenvalue weighted by Crippen LogP contribution is -2.43. The molecule has 5 nitrogen and oxygen atoms in total. The highest BCUT2D eigenvalue weighted by Crippen LogP contribution is 2.04. The molecule has 0 amide bonds. The highest BCUT2D eigenvalue weighted by atomic mass is 16.3. The number of nitrogens with one attached hydrogen (secondary N) is 2. The summed E-state index contributed by atoms with van der Waals surface area (Å²) in [7, 11) is 0. The van der Waals surface area contributed by atoms with E-state index >= 15 is 0 Å². The number of rotatable bonds is 12. The van der Waals surface area contributed by atoms with Crippen molar-refractivity contribution < 1.29 is 5.11 Å². The zero-order chi connectivity index (χ0) is 19.2. The maximum Gasteiger partial charge on any atom is 0.191 e. The average molecular weight is 363 g/mol. The number of aliphatic imine (C=N–C) groups is 1. The molecule has 0 aromatic heterocycles. The van der Waals surface area contributed by atoms with Crippen molar-refractivity contribution >= 4 is 5.96 Å². The summed E-state index contributed by atoms with van der Waals surface area (Å²) in [6, 6.07) is 10.4. The first kappa shape index (κ1) is 22.5. The molecule has 0 aliphatic rings. The third-order valence-corrected chi connectivity index (χ3v) is 4.51. The molecule has 0 radical (unpaired) electrons. The van der Waals surface area contributed by atoms with Gasteiger partial charge in [0.25, 0.3) is 0 Å². The molecule has 3 N–H and O–H groups in total. The Morgan fingerprint density at radius 3 is 2.46 bits per heavy atom. The van der Waals surface area contributed by atoms with E-state index in [0.29, 0.717) is 19.0 Å². The third kappa shape index (κ3) is 9.78. The van der Waals surface area contributed by atoms with Crippen LogP contribution in [-0.2, 0) is 6.42 Å². The Bertz CT molecular complexity index is 488.